The van der Waals surface area contributed by atoms with Crippen molar-refractivity contribution in [1.82, 2.24) is 0 Å². The molecule has 0 aliphatic rings. The first-order chi connectivity index (χ1) is 9.08. The molecule has 0 aromatic carbocycles. The van der Waals surface area contributed by atoms with Crippen molar-refractivity contribution in [1.29, 1.82) is 0 Å². The Kier molecular flexibility index (Phi) is 9.49. The van der Waals surface area contributed by atoms with Crippen LogP contribution in [0.25, 0.3) is 0 Å². The number of carbonyl (C=O) groups is 2. The summed E-state index contributed by atoms with van der Waals surface area (Å²) in [7, 11) is 0. The quantitative estimate of drug-likeness (QED) is 0.347. The highest BCUT2D eigenvalue weighted by molar-refractivity contribution is 5.82. The second-order valence-corrected chi connectivity index (χ2v) is 4.26. The first-order valence-electron chi connectivity index (χ1n) is 6.75. The fourth-order valence-corrected chi connectivity index (χ4v) is 1.73. The summed E-state index contributed by atoms with van der Waals surface area (Å²) in [5.41, 5.74) is 0. The maximum Gasteiger partial charge on any atom is 0.330 e. The lowest BCUT2D eigenvalue weighted by molar-refractivity contribution is -0.162. The number of ether oxygens (including phenoxy) is 2. The second-order valence-electron chi connectivity index (χ2n) is 4.26. The molecule has 0 saturated carbocycles. The molecule has 2 atom stereocenters. The molecule has 19 heavy (non-hydrogen) atoms. The number of carbonyl (C=O) groups excluding carboxylic acids is 2. The van der Waals surface area contributed by atoms with Gasteiger partial charge in [0.15, 0.2) is 0 Å². The third-order valence-electron chi connectivity index (χ3n) is 2.78. The number of hydrogen-bond acceptors (Lipinski definition) is 4. The molecule has 0 amide bonds. The van der Waals surface area contributed by atoms with Crippen molar-refractivity contribution in [2.24, 2.45) is 0 Å². The van der Waals surface area contributed by atoms with Crippen molar-refractivity contribution in [2.45, 2.75) is 58.2 Å². The Labute approximate surface area is 115 Å². The van der Waals surface area contributed by atoms with Crippen LogP contribution in [0.2, 0.25) is 0 Å². The lowest BCUT2D eigenvalue weighted by Crippen LogP contribution is -2.34. The van der Waals surface area contributed by atoms with Crippen LogP contribution in [0, 0.1) is 0 Å². The van der Waals surface area contributed by atoms with Crippen molar-refractivity contribution in [3.63, 3.8) is 0 Å². The van der Waals surface area contributed by atoms with Gasteiger partial charge in [-0.25, -0.2) is 9.59 Å². The zero-order chi connectivity index (χ0) is 14.7. The Morgan fingerprint density at radius 1 is 1.00 bits per heavy atom. The first kappa shape index (κ1) is 17.4. The molecule has 0 aromatic rings. The number of unbranched alkanes of at least 4 members (excludes halogenated alkanes) is 2. The van der Waals surface area contributed by atoms with E-state index in [1.54, 1.807) is 0 Å². The van der Waals surface area contributed by atoms with Crippen LogP contribution in [0.4, 0.5) is 0 Å². The van der Waals surface area contributed by atoms with Gasteiger partial charge in [0.05, 0.1) is 0 Å². The zero-order valence-corrected chi connectivity index (χ0v) is 11.9. The van der Waals surface area contributed by atoms with Gasteiger partial charge in [-0.1, -0.05) is 39.8 Å². The number of esters is 2. The van der Waals surface area contributed by atoms with Gasteiger partial charge in [0.1, 0.15) is 12.2 Å². The number of rotatable bonds is 10. The third-order valence-corrected chi connectivity index (χ3v) is 2.78. The van der Waals surface area contributed by atoms with Crippen LogP contribution in [0.5, 0.6) is 0 Å². The van der Waals surface area contributed by atoms with Crippen LogP contribution in [0.15, 0.2) is 25.3 Å². The van der Waals surface area contributed by atoms with E-state index in [1.165, 1.54) is 0 Å². The Balaban J connectivity index is 4.63. The molecule has 4 nitrogen and oxygen atoms in total. The average Bonchev–Trinajstić information content (AvgIpc) is 2.43. The summed E-state index contributed by atoms with van der Waals surface area (Å²) in [6, 6.07) is 0. The second kappa shape index (κ2) is 10.4. The van der Waals surface area contributed by atoms with Crippen LogP contribution in [0.3, 0.4) is 0 Å². The molecule has 0 spiro atoms. The molecule has 0 aliphatic heterocycles. The molecule has 0 N–H and O–H groups in total. The van der Waals surface area contributed by atoms with E-state index in [9.17, 15) is 9.59 Å². The molecule has 0 heterocycles. The molecule has 0 radical (unpaired) electrons. The SMILES string of the molecule is C=CC(=O)OC(CC)C(CCCCC)OC(=O)C=C. The normalized spacial score (nSPS) is 13.2. The van der Waals surface area contributed by atoms with E-state index in [-0.39, 0.29) is 0 Å². The van der Waals surface area contributed by atoms with Crippen LogP contribution in [-0.4, -0.2) is 24.1 Å². The van der Waals surface area contributed by atoms with E-state index >= 15 is 0 Å². The van der Waals surface area contributed by atoms with E-state index in [1.807, 2.05) is 6.92 Å². The predicted octanol–water partition coefficient (Wildman–Crippen LogP) is 3.17. The summed E-state index contributed by atoms with van der Waals surface area (Å²) in [5.74, 6) is -0.989. The summed E-state index contributed by atoms with van der Waals surface area (Å²) in [5, 5.41) is 0. The van der Waals surface area contributed by atoms with E-state index < -0.39 is 24.1 Å². The minimum atomic E-state index is -0.498. The minimum Gasteiger partial charge on any atom is -0.455 e. The van der Waals surface area contributed by atoms with Crippen molar-refractivity contribution >= 4 is 11.9 Å². The molecule has 108 valence electrons. The van der Waals surface area contributed by atoms with E-state index in [2.05, 4.69) is 20.1 Å². The summed E-state index contributed by atoms with van der Waals surface area (Å²) in [6.45, 7) is 10.7. The summed E-state index contributed by atoms with van der Waals surface area (Å²) < 4.78 is 10.5. The third kappa shape index (κ3) is 7.44. The molecule has 4 heteroatoms. The van der Waals surface area contributed by atoms with Gasteiger partial charge in [-0.2, -0.15) is 0 Å². The molecule has 0 aliphatic carbocycles. The van der Waals surface area contributed by atoms with Crippen LogP contribution < -0.4 is 0 Å². The molecule has 0 fully saturated rings. The van der Waals surface area contributed by atoms with Gasteiger partial charge in [0, 0.05) is 12.2 Å². The maximum absolute atomic E-state index is 11.3. The predicted molar refractivity (Wildman–Crippen MR) is 74.6 cm³/mol. The standard InChI is InChI=1S/C15H24O4/c1-5-9-10-11-13(19-15(17)8-4)12(6-2)18-14(16)7-3/h7-8,12-13H,3-6,9-11H2,1-2H3. The highest BCUT2D eigenvalue weighted by Gasteiger charge is 2.25. The van der Waals surface area contributed by atoms with Gasteiger partial charge in [-0.15, -0.1) is 0 Å². The van der Waals surface area contributed by atoms with Gasteiger partial charge in [-0.05, 0) is 19.3 Å². The van der Waals surface area contributed by atoms with Crippen molar-refractivity contribution < 1.29 is 19.1 Å². The van der Waals surface area contributed by atoms with E-state index in [4.69, 9.17) is 9.47 Å². The highest BCUT2D eigenvalue weighted by atomic mass is 16.6. The number of hydrogen-bond donors (Lipinski definition) is 0. The molecule has 0 rings (SSSR count). The largest absolute Gasteiger partial charge is 0.455 e. The molecule has 2 unspecified atom stereocenters. The van der Waals surface area contributed by atoms with Gasteiger partial charge in [0.25, 0.3) is 0 Å². The van der Waals surface area contributed by atoms with Crippen LogP contribution >= 0.6 is 0 Å². The fourth-order valence-electron chi connectivity index (χ4n) is 1.73. The minimum absolute atomic E-state index is 0.425. The van der Waals surface area contributed by atoms with Crippen molar-refractivity contribution in [3.05, 3.63) is 25.3 Å². The molecular weight excluding hydrogens is 244 g/mol. The van der Waals surface area contributed by atoms with E-state index in [0.29, 0.717) is 12.8 Å². The highest BCUT2D eigenvalue weighted by Crippen LogP contribution is 2.17. The fraction of sp³-hybridized carbons (Fsp3) is 0.600. The van der Waals surface area contributed by atoms with Crippen LogP contribution in [0.1, 0.15) is 46.0 Å². The summed E-state index contributed by atoms with van der Waals surface area (Å²) in [6.07, 6.45) is 5.68. The smallest absolute Gasteiger partial charge is 0.330 e. The molecular formula is C15H24O4. The maximum atomic E-state index is 11.3. The summed E-state index contributed by atoms with van der Waals surface area (Å²) >= 11 is 0. The Morgan fingerprint density at radius 3 is 1.95 bits per heavy atom. The van der Waals surface area contributed by atoms with Crippen molar-refractivity contribution in [2.75, 3.05) is 0 Å². The zero-order valence-electron chi connectivity index (χ0n) is 11.9. The Morgan fingerprint density at radius 2 is 1.53 bits per heavy atom. The average molecular weight is 268 g/mol. The Bertz CT molecular complexity index is 309. The van der Waals surface area contributed by atoms with Gasteiger partial charge >= 0.3 is 11.9 Å². The van der Waals surface area contributed by atoms with Crippen LogP contribution in [-0.2, 0) is 19.1 Å². The monoisotopic (exact) mass is 268 g/mol. The first-order valence-corrected chi connectivity index (χ1v) is 6.75. The van der Waals surface area contributed by atoms with Gasteiger partial charge in [0.2, 0.25) is 0 Å². The Hall–Kier alpha value is -1.58. The topological polar surface area (TPSA) is 52.6 Å². The molecule has 0 bridgehead atoms. The molecule has 0 saturated heterocycles. The lowest BCUT2D eigenvalue weighted by atomic mass is 10.0. The lowest BCUT2D eigenvalue weighted by Gasteiger charge is -2.25. The van der Waals surface area contributed by atoms with Crippen molar-refractivity contribution in [3.8, 4) is 0 Å². The molecule has 0 aromatic heterocycles. The van der Waals surface area contributed by atoms with E-state index in [0.717, 1.165) is 31.4 Å². The van der Waals surface area contributed by atoms with Gasteiger partial charge in [-0.3, -0.25) is 0 Å². The summed E-state index contributed by atoms with van der Waals surface area (Å²) in [4.78, 5) is 22.6. The van der Waals surface area contributed by atoms with Gasteiger partial charge < -0.3 is 9.47 Å².